The van der Waals surface area contributed by atoms with E-state index in [9.17, 15) is 5.11 Å². The zero-order valence-electron chi connectivity index (χ0n) is 7.95. The van der Waals surface area contributed by atoms with E-state index in [1.54, 1.807) is 0 Å². The van der Waals surface area contributed by atoms with Crippen molar-refractivity contribution in [2.75, 3.05) is 19.8 Å². The number of hydrogen-bond donors (Lipinski definition) is 1. The molecule has 1 N–H and O–H groups in total. The predicted molar refractivity (Wildman–Crippen MR) is 48.5 cm³/mol. The van der Waals surface area contributed by atoms with Crippen LogP contribution in [-0.4, -0.2) is 37.1 Å². The van der Waals surface area contributed by atoms with Gasteiger partial charge in [-0.25, -0.2) is 0 Å². The highest BCUT2D eigenvalue weighted by Gasteiger charge is 2.25. The van der Waals surface area contributed by atoms with E-state index < -0.39 is 0 Å². The molecule has 13 heavy (non-hydrogen) atoms. The van der Waals surface area contributed by atoms with E-state index in [1.165, 1.54) is 0 Å². The minimum Gasteiger partial charge on any atom is -0.393 e. The summed E-state index contributed by atoms with van der Waals surface area (Å²) in [5, 5.41) is 9.29. The monoisotopic (exact) mass is 186 g/mol. The molecule has 0 spiro atoms. The van der Waals surface area contributed by atoms with Crippen molar-refractivity contribution in [3.8, 4) is 0 Å². The first kappa shape index (κ1) is 9.44. The van der Waals surface area contributed by atoms with Crippen LogP contribution in [0.1, 0.15) is 25.7 Å². The zero-order valence-corrected chi connectivity index (χ0v) is 7.95. The van der Waals surface area contributed by atoms with Crippen LogP contribution in [0.5, 0.6) is 0 Å². The van der Waals surface area contributed by atoms with Crippen LogP contribution < -0.4 is 0 Å². The molecule has 3 nitrogen and oxygen atoms in total. The van der Waals surface area contributed by atoms with Crippen LogP contribution in [-0.2, 0) is 9.47 Å². The van der Waals surface area contributed by atoms with E-state index in [1.807, 2.05) is 0 Å². The van der Waals surface area contributed by atoms with E-state index >= 15 is 0 Å². The molecule has 2 fully saturated rings. The molecule has 0 amide bonds. The van der Waals surface area contributed by atoms with Gasteiger partial charge in [-0.1, -0.05) is 0 Å². The van der Waals surface area contributed by atoms with Gasteiger partial charge in [-0.3, -0.25) is 0 Å². The third-order valence-corrected chi connectivity index (χ3v) is 2.95. The minimum atomic E-state index is -0.121. The summed E-state index contributed by atoms with van der Waals surface area (Å²) in [5.74, 6) is 0.595. The molecule has 3 unspecified atom stereocenters. The van der Waals surface area contributed by atoms with Crippen molar-refractivity contribution in [1.29, 1.82) is 0 Å². The van der Waals surface area contributed by atoms with Gasteiger partial charge in [0.15, 0.2) is 0 Å². The van der Waals surface area contributed by atoms with Gasteiger partial charge in [0.05, 0.1) is 25.4 Å². The molecule has 76 valence electrons. The molecule has 0 radical (unpaired) electrons. The number of aliphatic hydroxyl groups is 1. The second-order valence-electron chi connectivity index (χ2n) is 4.15. The van der Waals surface area contributed by atoms with Gasteiger partial charge in [-0.2, -0.15) is 0 Å². The zero-order chi connectivity index (χ0) is 9.10. The van der Waals surface area contributed by atoms with E-state index in [0.29, 0.717) is 12.0 Å². The smallest absolute Gasteiger partial charge is 0.0600 e. The van der Waals surface area contributed by atoms with Gasteiger partial charge >= 0.3 is 0 Å². The number of aliphatic hydroxyl groups excluding tert-OH is 1. The lowest BCUT2D eigenvalue weighted by Crippen LogP contribution is -2.16. The van der Waals surface area contributed by atoms with Crippen LogP contribution in [0.3, 0.4) is 0 Å². The second kappa shape index (κ2) is 4.40. The van der Waals surface area contributed by atoms with Crippen molar-refractivity contribution in [2.45, 2.75) is 37.9 Å². The lowest BCUT2D eigenvalue weighted by atomic mass is 10.1. The van der Waals surface area contributed by atoms with E-state index in [4.69, 9.17) is 9.47 Å². The Morgan fingerprint density at radius 1 is 1.31 bits per heavy atom. The summed E-state index contributed by atoms with van der Waals surface area (Å²) < 4.78 is 11.0. The SMILES string of the molecule is OC1CCC(OCC2CCOC2)C1. The average Bonchev–Trinajstić information content (AvgIpc) is 2.71. The average molecular weight is 186 g/mol. The number of ether oxygens (including phenoxy) is 2. The largest absolute Gasteiger partial charge is 0.393 e. The molecule has 3 atom stereocenters. The predicted octanol–water partition coefficient (Wildman–Crippen LogP) is 0.953. The Kier molecular flexibility index (Phi) is 3.19. The van der Waals surface area contributed by atoms with Gasteiger partial charge in [0, 0.05) is 12.5 Å². The highest BCUT2D eigenvalue weighted by molar-refractivity contribution is 4.75. The second-order valence-corrected chi connectivity index (χ2v) is 4.15. The van der Waals surface area contributed by atoms with E-state index in [2.05, 4.69) is 0 Å². The summed E-state index contributed by atoms with van der Waals surface area (Å²) in [6.07, 6.45) is 4.07. The quantitative estimate of drug-likeness (QED) is 0.713. The Morgan fingerprint density at radius 3 is 2.85 bits per heavy atom. The maximum Gasteiger partial charge on any atom is 0.0600 e. The van der Waals surface area contributed by atoms with Crippen molar-refractivity contribution in [1.82, 2.24) is 0 Å². The van der Waals surface area contributed by atoms with Crippen LogP contribution >= 0.6 is 0 Å². The molecule has 1 aliphatic heterocycles. The normalized spacial score (nSPS) is 39.9. The molecule has 2 rings (SSSR count). The number of rotatable bonds is 3. The van der Waals surface area contributed by atoms with Gasteiger partial charge in [0.1, 0.15) is 0 Å². The Bertz CT molecular complexity index is 154. The lowest BCUT2D eigenvalue weighted by Gasteiger charge is -2.14. The van der Waals surface area contributed by atoms with Gasteiger partial charge < -0.3 is 14.6 Å². The first-order valence-electron chi connectivity index (χ1n) is 5.22. The minimum absolute atomic E-state index is 0.121. The Labute approximate surface area is 79.0 Å². The fourth-order valence-electron chi connectivity index (χ4n) is 2.06. The summed E-state index contributed by atoms with van der Waals surface area (Å²) in [5.41, 5.74) is 0. The Hall–Kier alpha value is -0.120. The maximum atomic E-state index is 9.29. The van der Waals surface area contributed by atoms with Gasteiger partial charge in [0.2, 0.25) is 0 Å². The fourth-order valence-corrected chi connectivity index (χ4v) is 2.06. The summed E-state index contributed by atoms with van der Waals surface area (Å²) in [6, 6.07) is 0. The first-order valence-corrected chi connectivity index (χ1v) is 5.22. The van der Waals surface area contributed by atoms with Crippen molar-refractivity contribution >= 4 is 0 Å². The molecule has 0 aromatic heterocycles. The third-order valence-electron chi connectivity index (χ3n) is 2.95. The lowest BCUT2D eigenvalue weighted by molar-refractivity contribution is 0.0227. The molecule has 1 saturated carbocycles. The summed E-state index contributed by atoms with van der Waals surface area (Å²) >= 11 is 0. The van der Waals surface area contributed by atoms with Crippen LogP contribution in [0.15, 0.2) is 0 Å². The summed E-state index contributed by atoms with van der Waals surface area (Å²) in [7, 11) is 0. The third kappa shape index (κ3) is 2.66. The molecule has 1 saturated heterocycles. The van der Waals surface area contributed by atoms with Gasteiger partial charge in [-0.15, -0.1) is 0 Å². The molecule has 0 bridgehead atoms. The van der Waals surface area contributed by atoms with Crippen LogP contribution in [0, 0.1) is 5.92 Å². The first-order chi connectivity index (χ1) is 6.34. The topological polar surface area (TPSA) is 38.7 Å². The van der Waals surface area contributed by atoms with Crippen LogP contribution in [0.25, 0.3) is 0 Å². The fraction of sp³-hybridized carbons (Fsp3) is 1.00. The standard InChI is InChI=1S/C10H18O3/c11-9-1-2-10(5-9)13-7-8-3-4-12-6-8/h8-11H,1-7H2. The number of hydrogen-bond acceptors (Lipinski definition) is 3. The molecule has 0 aromatic carbocycles. The molecule has 2 aliphatic rings. The molecule has 0 aromatic rings. The highest BCUT2D eigenvalue weighted by Crippen LogP contribution is 2.23. The Balaban J connectivity index is 1.62. The van der Waals surface area contributed by atoms with Gasteiger partial charge in [-0.05, 0) is 25.7 Å². The molecular formula is C10H18O3. The maximum absolute atomic E-state index is 9.29. The summed E-state index contributed by atoms with van der Waals surface area (Å²) in [6.45, 7) is 2.56. The molecule has 1 aliphatic carbocycles. The van der Waals surface area contributed by atoms with Crippen LogP contribution in [0.2, 0.25) is 0 Å². The van der Waals surface area contributed by atoms with Crippen LogP contribution in [0.4, 0.5) is 0 Å². The molecule has 1 heterocycles. The van der Waals surface area contributed by atoms with E-state index in [0.717, 1.165) is 45.5 Å². The van der Waals surface area contributed by atoms with Crippen molar-refractivity contribution in [3.63, 3.8) is 0 Å². The van der Waals surface area contributed by atoms with E-state index in [-0.39, 0.29) is 6.10 Å². The van der Waals surface area contributed by atoms with Crippen molar-refractivity contribution in [2.24, 2.45) is 5.92 Å². The van der Waals surface area contributed by atoms with Gasteiger partial charge in [0.25, 0.3) is 0 Å². The highest BCUT2D eigenvalue weighted by atomic mass is 16.5. The Morgan fingerprint density at radius 2 is 2.23 bits per heavy atom. The molecular weight excluding hydrogens is 168 g/mol. The van der Waals surface area contributed by atoms with Crippen molar-refractivity contribution in [3.05, 3.63) is 0 Å². The molecule has 3 heteroatoms. The summed E-state index contributed by atoms with van der Waals surface area (Å²) in [4.78, 5) is 0. The van der Waals surface area contributed by atoms with Crippen molar-refractivity contribution < 1.29 is 14.6 Å².